The monoisotopic (exact) mass is 453 g/mol. The van der Waals surface area contributed by atoms with Crippen LogP contribution in [0.2, 0.25) is 0 Å². The van der Waals surface area contributed by atoms with Crippen LogP contribution in [0.25, 0.3) is 0 Å². The third kappa shape index (κ3) is 5.62. The molecule has 3 atom stereocenters. The third-order valence-electron chi connectivity index (χ3n) is 8.12. The number of hydrogen-bond donors (Lipinski definition) is 2. The molecule has 1 saturated heterocycles. The summed E-state index contributed by atoms with van der Waals surface area (Å²) in [4.78, 5) is 23.4. The van der Waals surface area contributed by atoms with Crippen LogP contribution < -0.4 is 10.6 Å². The zero-order valence-electron chi connectivity index (χ0n) is 18.7. The van der Waals surface area contributed by atoms with Crippen molar-refractivity contribution >= 4 is 21.8 Å². The van der Waals surface area contributed by atoms with Crippen molar-refractivity contribution in [1.29, 1.82) is 0 Å². The zero-order valence-corrected chi connectivity index (χ0v) is 19.5. The fourth-order valence-electron chi connectivity index (χ4n) is 6.20. The number of amides is 2. The lowest BCUT2D eigenvalue weighted by Gasteiger charge is -2.41. The predicted octanol–water partition coefficient (Wildman–Crippen LogP) is 2.70. The van der Waals surface area contributed by atoms with Crippen LogP contribution >= 0.6 is 0 Å². The summed E-state index contributed by atoms with van der Waals surface area (Å²) in [6.07, 6.45) is 14.8. The van der Waals surface area contributed by atoms with Gasteiger partial charge in [0.15, 0.2) is 0 Å². The van der Waals surface area contributed by atoms with Crippen LogP contribution in [0.1, 0.15) is 89.9 Å². The number of rotatable bonds is 7. The Morgan fingerprint density at radius 1 is 0.742 bits per heavy atom. The quantitative estimate of drug-likeness (QED) is 0.580. The van der Waals surface area contributed by atoms with Crippen molar-refractivity contribution in [3.05, 3.63) is 0 Å². The van der Waals surface area contributed by atoms with E-state index in [2.05, 4.69) is 10.6 Å². The van der Waals surface area contributed by atoms with Crippen LogP contribution in [-0.4, -0.2) is 55.0 Å². The van der Waals surface area contributed by atoms with Crippen molar-refractivity contribution in [1.82, 2.24) is 14.9 Å². The van der Waals surface area contributed by atoms with Gasteiger partial charge in [0.05, 0.1) is 11.3 Å². The molecule has 1 heterocycles. The number of fused-ring (bicyclic) bond motifs is 1. The van der Waals surface area contributed by atoms with Gasteiger partial charge in [0.2, 0.25) is 10.0 Å². The topological polar surface area (TPSA) is 95.6 Å². The average molecular weight is 454 g/mol. The normalized spacial score (nSPS) is 31.2. The van der Waals surface area contributed by atoms with E-state index in [4.69, 9.17) is 0 Å². The summed E-state index contributed by atoms with van der Waals surface area (Å²) in [5.74, 6) is -0.120. The van der Waals surface area contributed by atoms with E-state index in [0.717, 1.165) is 19.3 Å². The molecule has 31 heavy (non-hydrogen) atoms. The maximum atomic E-state index is 13.8. The molecule has 4 rings (SSSR count). The van der Waals surface area contributed by atoms with Gasteiger partial charge in [-0.15, -0.1) is 0 Å². The molecule has 2 N–H and O–H groups in total. The first-order valence-electron chi connectivity index (χ1n) is 12.5. The molecule has 3 unspecified atom stereocenters. The molecule has 0 spiro atoms. The van der Waals surface area contributed by atoms with Crippen molar-refractivity contribution in [2.24, 2.45) is 11.8 Å². The molecule has 0 radical (unpaired) electrons. The van der Waals surface area contributed by atoms with Crippen LogP contribution in [0.15, 0.2) is 0 Å². The molecule has 0 aromatic rings. The number of carbonyl (C=O) groups is 2. The highest BCUT2D eigenvalue weighted by atomic mass is 32.2. The first kappa shape index (κ1) is 23.0. The third-order valence-corrected chi connectivity index (χ3v) is 10.4. The maximum Gasteiger partial charge on any atom is 0.309 e. The molecular formula is C23H39N3O4S. The first-order chi connectivity index (χ1) is 14.9. The smallest absolute Gasteiger partial charge is 0.309 e. The summed E-state index contributed by atoms with van der Waals surface area (Å²) in [6, 6.07) is -0.431. The molecule has 3 aliphatic carbocycles. The summed E-state index contributed by atoms with van der Waals surface area (Å²) in [5, 5.41) is 5.01. The Morgan fingerprint density at radius 3 is 1.97 bits per heavy atom. The second-order valence-electron chi connectivity index (χ2n) is 10.3. The van der Waals surface area contributed by atoms with Gasteiger partial charge in [-0.2, -0.15) is 0 Å². The van der Waals surface area contributed by atoms with Gasteiger partial charge >= 0.3 is 11.8 Å². The Balaban J connectivity index is 1.44. The minimum absolute atomic E-state index is 0.148. The Morgan fingerprint density at radius 2 is 1.32 bits per heavy atom. The lowest BCUT2D eigenvalue weighted by Crippen LogP contribution is -2.65. The van der Waals surface area contributed by atoms with Gasteiger partial charge < -0.3 is 10.6 Å². The van der Waals surface area contributed by atoms with E-state index in [-0.39, 0.29) is 12.1 Å². The fourth-order valence-corrected chi connectivity index (χ4v) is 8.28. The molecular weight excluding hydrogens is 414 g/mol. The highest BCUT2D eigenvalue weighted by Gasteiger charge is 2.44. The van der Waals surface area contributed by atoms with E-state index in [1.54, 1.807) is 0 Å². The highest BCUT2D eigenvalue weighted by molar-refractivity contribution is 7.89. The first-order valence-corrected chi connectivity index (χ1v) is 14.0. The van der Waals surface area contributed by atoms with Crippen LogP contribution in [0, 0.1) is 11.8 Å². The molecule has 176 valence electrons. The Labute approximate surface area is 187 Å². The minimum atomic E-state index is -3.44. The minimum Gasteiger partial charge on any atom is -0.343 e. The van der Waals surface area contributed by atoms with E-state index in [1.165, 1.54) is 51.4 Å². The Kier molecular flexibility index (Phi) is 7.57. The maximum absolute atomic E-state index is 13.8. The van der Waals surface area contributed by atoms with E-state index in [9.17, 15) is 18.0 Å². The van der Waals surface area contributed by atoms with Crippen molar-refractivity contribution in [3.8, 4) is 0 Å². The van der Waals surface area contributed by atoms with Crippen LogP contribution in [-0.2, 0) is 19.6 Å². The molecule has 1 aliphatic heterocycles. The number of nitrogens with one attached hydrogen (secondary N) is 2. The highest BCUT2D eigenvalue weighted by Crippen LogP contribution is 2.32. The van der Waals surface area contributed by atoms with Gasteiger partial charge in [0.25, 0.3) is 0 Å². The summed E-state index contributed by atoms with van der Waals surface area (Å²) in [6.45, 7) is 1.29. The molecule has 8 heteroatoms. The lowest BCUT2D eigenvalue weighted by molar-refractivity contribution is -0.143. The summed E-state index contributed by atoms with van der Waals surface area (Å²) in [5.41, 5.74) is 0. The predicted molar refractivity (Wildman–Crippen MR) is 120 cm³/mol. The molecule has 0 aromatic carbocycles. The second-order valence-corrected chi connectivity index (χ2v) is 12.5. The molecule has 3 saturated carbocycles. The van der Waals surface area contributed by atoms with E-state index in [0.29, 0.717) is 44.2 Å². The van der Waals surface area contributed by atoms with Gasteiger partial charge in [0, 0.05) is 19.1 Å². The van der Waals surface area contributed by atoms with Crippen molar-refractivity contribution in [2.45, 2.75) is 107 Å². The van der Waals surface area contributed by atoms with Crippen molar-refractivity contribution in [2.75, 3.05) is 13.1 Å². The Hall–Kier alpha value is -1.15. The fraction of sp³-hybridized carbons (Fsp3) is 0.913. The molecule has 4 fully saturated rings. The van der Waals surface area contributed by atoms with E-state index in [1.807, 2.05) is 4.31 Å². The van der Waals surface area contributed by atoms with Crippen molar-refractivity contribution in [3.63, 3.8) is 0 Å². The number of piperazine rings is 1. The lowest BCUT2D eigenvalue weighted by atomic mass is 9.86. The second kappa shape index (κ2) is 10.2. The van der Waals surface area contributed by atoms with Gasteiger partial charge in [0.1, 0.15) is 0 Å². The molecule has 7 nitrogen and oxygen atoms in total. The molecule has 2 amide bonds. The molecule has 4 aliphatic rings. The molecule has 0 bridgehead atoms. The zero-order chi connectivity index (χ0) is 21.8. The van der Waals surface area contributed by atoms with Gasteiger partial charge in [-0.1, -0.05) is 51.4 Å². The van der Waals surface area contributed by atoms with E-state index >= 15 is 0 Å². The van der Waals surface area contributed by atoms with Crippen LogP contribution in [0.4, 0.5) is 0 Å². The average Bonchev–Trinajstić information content (AvgIpc) is 2.78. The largest absolute Gasteiger partial charge is 0.343 e. The SMILES string of the molecule is O=C1NC2CCC(S(=O)(=O)N(CCC3CCCCC3)CC3CCCCC3)CC2NC1=O. The number of hydrogen-bond acceptors (Lipinski definition) is 4. The number of carbonyl (C=O) groups excluding carboxylic acids is 2. The standard InChI is InChI=1S/C23H39N3O4S/c27-22-23(28)25-21-15-19(11-12-20(21)24-22)31(29,30)26(16-18-9-5-2-6-10-18)14-13-17-7-3-1-4-8-17/h17-21H,1-16H2,(H,24,27)(H,25,28). The summed E-state index contributed by atoms with van der Waals surface area (Å²) < 4.78 is 29.4. The Bertz CT molecular complexity index is 744. The summed E-state index contributed by atoms with van der Waals surface area (Å²) >= 11 is 0. The van der Waals surface area contributed by atoms with Gasteiger partial charge in [-0.25, -0.2) is 12.7 Å². The number of sulfonamides is 1. The van der Waals surface area contributed by atoms with Gasteiger partial charge in [-0.05, 0) is 50.4 Å². The van der Waals surface area contributed by atoms with Crippen LogP contribution in [0.3, 0.4) is 0 Å². The van der Waals surface area contributed by atoms with E-state index < -0.39 is 27.1 Å². The van der Waals surface area contributed by atoms with Crippen LogP contribution in [0.5, 0.6) is 0 Å². The molecule has 0 aromatic heterocycles. The summed E-state index contributed by atoms with van der Waals surface area (Å²) in [7, 11) is -3.44. The number of nitrogens with zero attached hydrogens (tertiary/aromatic N) is 1. The van der Waals surface area contributed by atoms with Gasteiger partial charge in [-0.3, -0.25) is 9.59 Å². The van der Waals surface area contributed by atoms with Crippen molar-refractivity contribution < 1.29 is 18.0 Å².